The molecule has 1 heterocycles. The Balaban J connectivity index is 2.10. The molecule has 1 aromatic heterocycles. The monoisotopic (exact) mass is 403 g/mol. The minimum Gasteiger partial charge on any atom is -0.385 e. The Morgan fingerprint density at radius 1 is 1.25 bits per heavy atom. The van der Waals surface area contributed by atoms with Crippen molar-refractivity contribution >= 4 is 28.3 Å². The maximum absolute atomic E-state index is 13.2. The molecule has 0 bridgehead atoms. The van der Waals surface area contributed by atoms with Gasteiger partial charge in [0.15, 0.2) is 5.13 Å². The van der Waals surface area contributed by atoms with Crippen molar-refractivity contribution in [2.75, 3.05) is 32.1 Å². The van der Waals surface area contributed by atoms with E-state index in [1.807, 2.05) is 51.1 Å². The van der Waals surface area contributed by atoms with Crippen LogP contribution in [0, 0.1) is 13.8 Å². The van der Waals surface area contributed by atoms with E-state index in [0.717, 1.165) is 16.1 Å². The Bertz CT molecular complexity index is 757. The summed E-state index contributed by atoms with van der Waals surface area (Å²) in [6.45, 7) is 6.88. The van der Waals surface area contributed by atoms with Crippen molar-refractivity contribution in [3.63, 3.8) is 0 Å². The number of methoxy groups -OCH3 is 1. The van der Waals surface area contributed by atoms with Crippen LogP contribution in [0.15, 0.2) is 30.3 Å². The molecule has 0 fully saturated rings. The lowest BCUT2D eigenvalue weighted by atomic mass is 9.95. The zero-order chi connectivity index (χ0) is 20.5. The first-order valence-electron chi connectivity index (χ1n) is 9.52. The average Bonchev–Trinajstić information content (AvgIpc) is 2.99. The van der Waals surface area contributed by atoms with Crippen molar-refractivity contribution in [3.05, 3.63) is 46.5 Å². The van der Waals surface area contributed by atoms with Crippen LogP contribution in [0.5, 0.6) is 0 Å². The van der Waals surface area contributed by atoms with Crippen molar-refractivity contribution < 1.29 is 14.3 Å². The van der Waals surface area contributed by atoms with Gasteiger partial charge in [-0.15, -0.1) is 11.3 Å². The number of hydrogen-bond acceptors (Lipinski definition) is 5. The van der Waals surface area contributed by atoms with Crippen molar-refractivity contribution in [2.45, 2.75) is 39.5 Å². The van der Waals surface area contributed by atoms with Crippen LogP contribution < -0.4 is 5.32 Å². The van der Waals surface area contributed by atoms with Crippen LogP contribution >= 0.6 is 11.3 Å². The minimum atomic E-state index is -0.263. The van der Waals surface area contributed by atoms with Crippen LogP contribution in [-0.2, 0) is 14.3 Å². The van der Waals surface area contributed by atoms with Gasteiger partial charge in [-0.25, -0.2) is 4.98 Å². The molecule has 28 heavy (non-hydrogen) atoms. The molecule has 0 radical (unpaired) electrons. The predicted molar refractivity (Wildman–Crippen MR) is 113 cm³/mol. The van der Waals surface area contributed by atoms with Gasteiger partial charge in [0, 0.05) is 25.1 Å². The molecule has 0 spiro atoms. The molecule has 0 aliphatic heterocycles. The molecule has 0 saturated heterocycles. The second-order valence-corrected chi connectivity index (χ2v) is 7.89. The molecule has 0 saturated carbocycles. The second kappa shape index (κ2) is 10.9. The van der Waals surface area contributed by atoms with E-state index in [1.165, 1.54) is 11.3 Å². The lowest BCUT2D eigenvalue weighted by molar-refractivity contribution is -0.136. The molecule has 152 valence electrons. The van der Waals surface area contributed by atoms with Gasteiger partial charge in [0.25, 0.3) is 0 Å². The van der Waals surface area contributed by atoms with Crippen LogP contribution in [0.4, 0.5) is 5.13 Å². The molecular weight excluding hydrogens is 374 g/mol. The highest BCUT2D eigenvalue weighted by atomic mass is 32.1. The summed E-state index contributed by atoms with van der Waals surface area (Å²) >= 11 is 1.44. The highest BCUT2D eigenvalue weighted by Crippen LogP contribution is 2.23. The summed E-state index contributed by atoms with van der Waals surface area (Å²) in [6.07, 6.45) is 1.35. The molecule has 7 heteroatoms. The highest BCUT2D eigenvalue weighted by molar-refractivity contribution is 7.15. The summed E-state index contributed by atoms with van der Waals surface area (Å²) in [5, 5.41) is 3.39. The second-order valence-electron chi connectivity index (χ2n) is 6.69. The smallest absolute Gasteiger partial charge is 0.245 e. The fraction of sp³-hybridized carbons (Fsp3) is 0.476. The molecule has 1 atom stereocenters. The fourth-order valence-corrected chi connectivity index (χ4v) is 3.81. The number of nitrogens with zero attached hydrogens (tertiary/aromatic N) is 2. The molecule has 0 aliphatic carbocycles. The quantitative estimate of drug-likeness (QED) is 0.613. The molecular formula is C21H29N3O3S. The first kappa shape index (κ1) is 22.0. The highest BCUT2D eigenvalue weighted by Gasteiger charge is 2.26. The maximum Gasteiger partial charge on any atom is 0.245 e. The Hall–Kier alpha value is -2.25. The van der Waals surface area contributed by atoms with Gasteiger partial charge in [-0.3, -0.25) is 9.59 Å². The number of rotatable bonds is 10. The standard InChI is InChI=1S/C21H29N3O3S/c1-5-18(17-10-7-6-8-11-17)20(26)24(12-9-13-27-4)14-19(25)23-21-22-15(2)16(3)28-21/h6-8,10-11,18H,5,9,12-14H2,1-4H3,(H,22,23,25)/t18-/m1/s1. The summed E-state index contributed by atoms with van der Waals surface area (Å²) in [5.41, 5.74) is 1.88. The third-order valence-corrected chi connectivity index (χ3v) is 5.59. The van der Waals surface area contributed by atoms with E-state index in [0.29, 0.717) is 31.1 Å². The minimum absolute atomic E-state index is 0.00353. The topological polar surface area (TPSA) is 71.5 Å². The lowest BCUT2D eigenvalue weighted by Gasteiger charge is -2.26. The van der Waals surface area contributed by atoms with Gasteiger partial charge in [0.2, 0.25) is 11.8 Å². The molecule has 6 nitrogen and oxygen atoms in total. The van der Waals surface area contributed by atoms with Gasteiger partial charge in [-0.2, -0.15) is 0 Å². The van der Waals surface area contributed by atoms with E-state index in [2.05, 4.69) is 10.3 Å². The Labute approximate surface area is 170 Å². The lowest BCUT2D eigenvalue weighted by Crippen LogP contribution is -2.41. The summed E-state index contributed by atoms with van der Waals surface area (Å²) < 4.78 is 5.11. The average molecular weight is 404 g/mol. The van der Waals surface area contributed by atoms with E-state index >= 15 is 0 Å². The Morgan fingerprint density at radius 3 is 2.54 bits per heavy atom. The number of aromatic nitrogens is 1. The van der Waals surface area contributed by atoms with Crippen LogP contribution in [0.25, 0.3) is 0 Å². The van der Waals surface area contributed by atoms with Crippen molar-refractivity contribution in [2.24, 2.45) is 0 Å². The number of nitrogens with one attached hydrogen (secondary N) is 1. The van der Waals surface area contributed by atoms with Gasteiger partial charge in [0.05, 0.1) is 18.2 Å². The van der Waals surface area contributed by atoms with Crippen LogP contribution in [0.1, 0.15) is 41.8 Å². The molecule has 1 N–H and O–H groups in total. The molecule has 2 aromatic rings. The summed E-state index contributed by atoms with van der Waals surface area (Å²) in [7, 11) is 1.63. The van der Waals surface area contributed by atoms with Crippen LogP contribution in [0.3, 0.4) is 0 Å². The summed E-state index contributed by atoms with van der Waals surface area (Å²) in [6, 6.07) is 9.71. The first-order chi connectivity index (χ1) is 13.5. The van der Waals surface area contributed by atoms with Gasteiger partial charge >= 0.3 is 0 Å². The van der Waals surface area contributed by atoms with E-state index in [-0.39, 0.29) is 24.3 Å². The number of aryl methyl sites for hydroxylation is 2. The summed E-state index contributed by atoms with van der Waals surface area (Å²) in [5.74, 6) is -0.533. The van der Waals surface area contributed by atoms with E-state index < -0.39 is 0 Å². The third kappa shape index (κ3) is 6.14. The zero-order valence-corrected chi connectivity index (χ0v) is 17.8. The molecule has 2 rings (SSSR count). The molecule has 1 aromatic carbocycles. The third-order valence-electron chi connectivity index (χ3n) is 4.61. The van der Waals surface area contributed by atoms with E-state index in [1.54, 1.807) is 12.0 Å². The van der Waals surface area contributed by atoms with Crippen molar-refractivity contribution in [1.82, 2.24) is 9.88 Å². The number of benzene rings is 1. The largest absolute Gasteiger partial charge is 0.385 e. The number of amides is 2. The van der Waals surface area contributed by atoms with Gasteiger partial charge in [-0.05, 0) is 32.3 Å². The first-order valence-corrected chi connectivity index (χ1v) is 10.3. The van der Waals surface area contributed by atoms with Crippen LogP contribution in [0.2, 0.25) is 0 Å². The number of carbonyl (C=O) groups excluding carboxylic acids is 2. The van der Waals surface area contributed by atoms with Gasteiger partial charge in [-0.1, -0.05) is 37.3 Å². The molecule has 2 amide bonds. The van der Waals surface area contributed by atoms with E-state index in [9.17, 15) is 9.59 Å². The number of thiazole rings is 1. The fourth-order valence-electron chi connectivity index (χ4n) is 2.98. The van der Waals surface area contributed by atoms with E-state index in [4.69, 9.17) is 4.74 Å². The van der Waals surface area contributed by atoms with Gasteiger partial charge < -0.3 is 15.0 Å². The van der Waals surface area contributed by atoms with Crippen molar-refractivity contribution in [3.8, 4) is 0 Å². The van der Waals surface area contributed by atoms with Crippen LogP contribution in [-0.4, -0.2) is 48.5 Å². The van der Waals surface area contributed by atoms with Gasteiger partial charge in [0.1, 0.15) is 0 Å². The zero-order valence-electron chi connectivity index (χ0n) is 17.0. The molecule has 0 unspecified atom stereocenters. The number of hydrogen-bond donors (Lipinski definition) is 1. The predicted octanol–water partition coefficient (Wildman–Crippen LogP) is 3.76. The number of anilines is 1. The number of ether oxygens (including phenoxy) is 1. The maximum atomic E-state index is 13.2. The SMILES string of the molecule is CC[C@@H](C(=O)N(CCCOC)CC(=O)Nc1nc(C)c(C)s1)c1ccccc1. The Kier molecular flexibility index (Phi) is 8.60. The molecule has 0 aliphatic rings. The normalized spacial score (nSPS) is 11.9. The number of carbonyl (C=O) groups is 2. The summed E-state index contributed by atoms with van der Waals surface area (Å²) in [4.78, 5) is 32.8. The Morgan fingerprint density at radius 2 is 1.96 bits per heavy atom. The van der Waals surface area contributed by atoms with Crippen molar-refractivity contribution in [1.29, 1.82) is 0 Å².